The lowest BCUT2D eigenvalue weighted by atomic mass is 10.4. The van der Waals surface area contributed by atoms with E-state index in [1.54, 1.807) is 0 Å². The summed E-state index contributed by atoms with van der Waals surface area (Å²) in [6.07, 6.45) is 2.72. The SMILES string of the molecule is [CH2]Cl.[c]1ccccc1. The molecule has 1 aromatic rings. The summed E-state index contributed by atoms with van der Waals surface area (Å²) >= 11 is 4.39. The molecule has 0 fully saturated rings. The molecule has 0 saturated heterocycles. The Labute approximate surface area is 55.1 Å². The Kier molecular flexibility index (Phi) is 6.11. The largest absolute Gasteiger partial charge is 0.125 e. The maximum atomic E-state index is 4.39. The molecule has 1 rings (SSSR count). The molecule has 0 N–H and O–H groups in total. The van der Waals surface area contributed by atoms with Gasteiger partial charge >= 0.3 is 0 Å². The zero-order valence-electron chi connectivity index (χ0n) is 4.47. The minimum absolute atomic E-state index is 1.88. The van der Waals surface area contributed by atoms with Gasteiger partial charge in [-0.3, -0.25) is 0 Å². The van der Waals surface area contributed by atoms with Crippen LogP contribution in [0.25, 0.3) is 0 Å². The Hall–Kier alpha value is -0.490. The molecule has 0 aliphatic carbocycles. The van der Waals surface area contributed by atoms with Crippen LogP contribution in [0.5, 0.6) is 0 Å². The summed E-state index contributed by atoms with van der Waals surface area (Å²) in [5, 5.41) is 0. The summed E-state index contributed by atoms with van der Waals surface area (Å²) in [4.78, 5) is 0. The minimum Gasteiger partial charge on any atom is -0.125 e. The molecule has 0 heterocycles. The molecule has 0 aliphatic rings. The van der Waals surface area contributed by atoms with E-state index in [1.165, 1.54) is 0 Å². The van der Waals surface area contributed by atoms with Crippen molar-refractivity contribution >= 4 is 11.6 Å². The second-order valence-corrected chi connectivity index (χ2v) is 1.08. The third-order valence-electron chi connectivity index (χ3n) is 0.607. The summed E-state index contributed by atoms with van der Waals surface area (Å²) in [7, 11) is 0. The van der Waals surface area contributed by atoms with Crippen LogP contribution < -0.4 is 0 Å². The van der Waals surface area contributed by atoms with Crippen LogP contribution in [-0.2, 0) is 0 Å². The zero-order valence-corrected chi connectivity index (χ0v) is 5.23. The third-order valence-corrected chi connectivity index (χ3v) is 0.607. The molecule has 0 unspecified atom stereocenters. The van der Waals surface area contributed by atoms with Gasteiger partial charge in [-0.1, -0.05) is 30.3 Å². The van der Waals surface area contributed by atoms with Gasteiger partial charge in [0, 0.05) is 6.38 Å². The molecule has 0 nitrogen and oxygen atoms in total. The topological polar surface area (TPSA) is 0 Å². The first-order valence-electron chi connectivity index (χ1n) is 2.18. The summed E-state index contributed by atoms with van der Waals surface area (Å²) in [5.74, 6) is 0. The molecule has 0 bridgehead atoms. The van der Waals surface area contributed by atoms with Gasteiger partial charge in [-0.25, -0.2) is 0 Å². The number of halogens is 1. The second-order valence-electron chi connectivity index (χ2n) is 1.08. The maximum absolute atomic E-state index is 4.39. The van der Waals surface area contributed by atoms with E-state index in [9.17, 15) is 0 Å². The third kappa shape index (κ3) is 3.69. The highest BCUT2D eigenvalue weighted by molar-refractivity contribution is 6.19. The molecule has 0 saturated carbocycles. The van der Waals surface area contributed by atoms with Crippen molar-refractivity contribution in [3.8, 4) is 0 Å². The van der Waals surface area contributed by atoms with Gasteiger partial charge in [0.1, 0.15) is 0 Å². The Morgan fingerprint density at radius 3 is 1.62 bits per heavy atom. The lowest BCUT2D eigenvalue weighted by molar-refractivity contribution is 1.70. The Morgan fingerprint density at radius 1 is 1.00 bits per heavy atom. The fourth-order valence-corrected chi connectivity index (χ4v) is 0.342. The average molecular weight is 127 g/mol. The van der Waals surface area contributed by atoms with Crippen molar-refractivity contribution in [2.75, 3.05) is 0 Å². The van der Waals surface area contributed by atoms with Crippen LogP contribution in [0.4, 0.5) is 0 Å². The molecular formula is C7H7Cl. The standard InChI is InChI=1S/C6H5.CH2Cl/c1-2-4-6-5-3-1;1-2/h1-5H;1H2. The number of benzene rings is 1. The number of rotatable bonds is 0. The van der Waals surface area contributed by atoms with E-state index in [1.807, 2.05) is 30.3 Å². The van der Waals surface area contributed by atoms with E-state index in [-0.39, 0.29) is 0 Å². The van der Waals surface area contributed by atoms with Crippen molar-refractivity contribution in [1.29, 1.82) is 0 Å². The highest BCUT2D eigenvalue weighted by Gasteiger charge is 1.58. The average Bonchev–Trinajstić information content (AvgIpc) is 1.96. The van der Waals surface area contributed by atoms with Gasteiger partial charge in [0.05, 0.1) is 0 Å². The van der Waals surface area contributed by atoms with Crippen molar-refractivity contribution in [3.63, 3.8) is 0 Å². The first-order chi connectivity index (χ1) is 4.00. The molecule has 0 aromatic heterocycles. The van der Waals surface area contributed by atoms with E-state index < -0.39 is 0 Å². The molecule has 8 heavy (non-hydrogen) atoms. The van der Waals surface area contributed by atoms with Crippen LogP contribution in [0.1, 0.15) is 0 Å². The van der Waals surface area contributed by atoms with E-state index in [0.717, 1.165) is 0 Å². The van der Waals surface area contributed by atoms with Crippen LogP contribution in [0.2, 0.25) is 0 Å². The summed E-state index contributed by atoms with van der Waals surface area (Å²) in [6, 6.07) is 12.5. The van der Waals surface area contributed by atoms with Crippen molar-refractivity contribution < 1.29 is 0 Å². The Balaban J connectivity index is 0.000000222. The molecular weight excluding hydrogens is 120 g/mol. The maximum Gasteiger partial charge on any atom is 0.0359 e. The summed E-state index contributed by atoms with van der Waals surface area (Å²) in [5.41, 5.74) is 0. The highest BCUT2D eigenvalue weighted by atomic mass is 35.5. The van der Waals surface area contributed by atoms with Crippen LogP contribution in [0.3, 0.4) is 0 Å². The van der Waals surface area contributed by atoms with Gasteiger partial charge in [0.15, 0.2) is 0 Å². The van der Waals surface area contributed by atoms with Gasteiger partial charge in [-0.2, -0.15) is 0 Å². The quantitative estimate of drug-likeness (QED) is 0.501. The van der Waals surface area contributed by atoms with Crippen molar-refractivity contribution in [3.05, 3.63) is 42.8 Å². The van der Waals surface area contributed by atoms with Crippen LogP contribution in [0.15, 0.2) is 30.3 Å². The van der Waals surface area contributed by atoms with Gasteiger partial charge in [0.25, 0.3) is 0 Å². The summed E-state index contributed by atoms with van der Waals surface area (Å²) in [6.45, 7) is 0. The lowest BCUT2D eigenvalue weighted by Gasteiger charge is -1.68. The smallest absolute Gasteiger partial charge is 0.0359 e. The first-order valence-corrected chi connectivity index (χ1v) is 2.71. The predicted molar refractivity (Wildman–Crippen MR) is 36.5 cm³/mol. The van der Waals surface area contributed by atoms with Crippen LogP contribution >= 0.6 is 11.6 Å². The zero-order chi connectivity index (χ0) is 6.24. The Bertz CT molecular complexity index is 76.3. The lowest BCUT2D eigenvalue weighted by Crippen LogP contribution is -1.49. The monoisotopic (exact) mass is 126 g/mol. The molecule has 42 valence electrons. The van der Waals surface area contributed by atoms with Crippen molar-refractivity contribution in [1.82, 2.24) is 0 Å². The highest BCUT2D eigenvalue weighted by Crippen LogP contribution is 1.78. The fourth-order valence-electron chi connectivity index (χ4n) is 0.342. The Morgan fingerprint density at radius 2 is 1.50 bits per heavy atom. The van der Waals surface area contributed by atoms with Crippen molar-refractivity contribution in [2.45, 2.75) is 0 Å². The molecule has 1 heteroatoms. The molecule has 1 aromatic carbocycles. The van der Waals surface area contributed by atoms with E-state index in [2.05, 4.69) is 24.1 Å². The molecule has 0 spiro atoms. The van der Waals surface area contributed by atoms with E-state index >= 15 is 0 Å². The van der Waals surface area contributed by atoms with Crippen LogP contribution in [-0.4, -0.2) is 0 Å². The number of hydrogen-bond acceptors (Lipinski definition) is 0. The van der Waals surface area contributed by atoms with E-state index in [4.69, 9.17) is 0 Å². The van der Waals surface area contributed by atoms with Gasteiger partial charge in [-0.05, 0) is 6.07 Å². The van der Waals surface area contributed by atoms with E-state index in [0.29, 0.717) is 0 Å². The minimum atomic E-state index is 1.88. The molecule has 0 atom stereocenters. The normalized spacial score (nSPS) is 6.75. The number of hydrogen-bond donors (Lipinski definition) is 0. The summed E-state index contributed by atoms with van der Waals surface area (Å²) < 4.78 is 0. The molecule has 0 amide bonds. The fraction of sp³-hybridized carbons (Fsp3) is 0. The van der Waals surface area contributed by atoms with Gasteiger partial charge in [0.2, 0.25) is 0 Å². The molecule has 0 aliphatic heterocycles. The molecule has 2 radical (unpaired) electrons. The van der Waals surface area contributed by atoms with Gasteiger partial charge in [-0.15, -0.1) is 11.6 Å². The first kappa shape index (κ1) is 7.51. The van der Waals surface area contributed by atoms with Crippen LogP contribution in [0, 0.1) is 12.4 Å². The van der Waals surface area contributed by atoms with Gasteiger partial charge < -0.3 is 0 Å². The van der Waals surface area contributed by atoms with Crippen molar-refractivity contribution in [2.24, 2.45) is 0 Å². The second kappa shape index (κ2) is 6.51. The predicted octanol–water partition coefficient (Wildman–Crippen LogP) is 2.50.